The molecule has 20 heavy (non-hydrogen) atoms. The smallest absolute Gasteiger partial charge is 0.306 e. The van der Waals surface area contributed by atoms with Crippen molar-refractivity contribution >= 4 is 23.5 Å². The Morgan fingerprint density at radius 1 is 1.40 bits per heavy atom. The molecule has 1 fully saturated rings. The molecule has 1 heterocycles. The first kappa shape index (κ1) is 14.0. The number of hydrogen-bond acceptors (Lipinski definition) is 4. The van der Waals surface area contributed by atoms with Crippen molar-refractivity contribution in [3.05, 3.63) is 12.4 Å². The number of rotatable bonds is 5. The molecule has 1 aliphatic carbocycles. The van der Waals surface area contributed by atoms with Crippen LogP contribution in [-0.4, -0.2) is 32.7 Å². The first-order chi connectivity index (χ1) is 9.45. The molecule has 1 aliphatic rings. The van der Waals surface area contributed by atoms with Gasteiger partial charge in [-0.1, -0.05) is 0 Å². The van der Waals surface area contributed by atoms with Crippen LogP contribution in [0, 0.1) is 11.8 Å². The normalized spacial score (nSPS) is 21.6. The summed E-state index contributed by atoms with van der Waals surface area (Å²) in [7, 11) is 0. The summed E-state index contributed by atoms with van der Waals surface area (Å²) >= 11 is 0. The quantitative estimate of drug-likeness (QED) is 0.688. The summed E-state index contributed by atoms with van der Waals surface area (Å²) in [5.74, 6) is -2.33. The fourth-order valence-electron chi connectivity index (χ4n) is 2.36. The summed E-state index contributed by atoms with van der Waals surface area (Å²) in [4.78, 5) is 33.6. The third-order valence-electron chi connectivity index (χ3n) is 3.37. The Hall–Kier alpha value is -2.38. The third-order valence-corrected chi connectivity index (χ3v) is 3.37. The van der Waals surface area contributed by atoms with Crippen molar-refractivity contribution in [2.24, 2.45) is 17.6 Å². The Balaban J connectivity index is 1.90. The number of aliphatic carboxylic acids is 1. The molecule has 2 rings (SSSR count). The number of nitrogens with zero attached hydrogens (tertiary/aromatic N) is 2. The van der Waals surface area contributed by atoms with Crippen LogP contribution < -0.4 is 11.1 Å². The largest absolute Gasteiger partial charge is 0.481 e. The van der Waals surface area contributed by atoms with Crippen LogP contribution in [0.3, 0.4) is 0 Å². The second kappa shape index (κ2) is 5.72. The summed E-state index contributed by atoms with van der Waals surface area (Å²) in [6.45, 7) is -0.0552. The Bertz CT molecular complexity index is 539. The van der Waals surface area contributed by atoms with Crippen molar-refractivity contribution in [2.75, 3.05) is 5.32 Å². The van der Waals surface area contributed by atoms with Crippen molar-refractivity contribution < 1.29 is 19.5 Å². The summed E-state index contributed by atoms with van der Waals surface area (Å²) < 4.78 is 1.33. The number of carbonyl (C=O) groups is 3. The highest BCUT2D eigenvalue weighted by atomic mass is 16.4. The number of carboxylic acids is 1. The van der Waals surface area contributed by atoms with E-state index in [1.54, 1.807) is 0 Å². The van der Waals surface area contributed by atoms with Crippen molar-refractivity contribution in [2.45, 2.75) is 25.8 Å². The van der Waals surface area contributed by atoms with E-state index in [1.807, 2.05) is 0 Å². The maximum absolute atomic E-state index is 12.0. The standard InChI is InChI=1S/C12H16N4O4/c13-10(17)6-16-5-9(4-14-16)15-11(18)7-1-2-8(3-7)12(19)20/h4-5,7-8H,1-3,6H2,(H2,13,17)(H,15,18)(H,19,20). The molecule has 0 spiro atoms. The van der Waals surface area contributed by atoms with Crippen LogP contribution in [0.5, 0.6) is 0 Å². The third kappa shape index (κ3) is 3.34. The number of carbonyl (C=O) groups excluding carboxylic acids is 2. The number of carboxylic acid groups (broad SMARTS) is 1. The van der Waals surface area contributed by atoms with Crippen molar-refractivity contribution in [3.63, 3.8) is 0 Å². The van der Waals surface area contributed by atoms with Crippen LogP contribution in [0.15, 0.2) is 12.4 Å². The number of hydrogen-bond donors (Lipinski definition) is 3. The average molecular weight is 280 g/mol. The van der Waals surface area contributed by atoms with E-state index in [2.05, 4.69) is 10.4 Å². The topological polar surface area (TPSA) is 127 Å². The van der Waals surface area contributed by atoms with E-state index in [0.717, 1.165) is 0 Å². The van der Waals surface area contributed by atoms with E-state index in [-0.39, 0.29) is 18.4 Å². The number of nitrogens with two attached hydrogens (primary N) is 1. The molecule has 8 heteroatoms. The molecule has 0 bridgehead atoms. The van der Waals surface area contributed by atoms with Gasteiger partial charge in [-0.05, 0) is 19.3 Å². The maximum atomic E-state index is 12.0. The molecule has 108 valence electrons. The van der Waals surface area contributed by atoms with E-state index < -0.39 is 17.8 Å². The van der Waals surface area contributed by atoms with E-state index in [1.165, 1.54) is 17.1 Å². The van der Waals surface area contributed by atoms with Crippen LogP contribution in [0.4, 0.5) is 5.69 Å². The Morgan fingerprint density at radius 3 is 2.70 bits per heavy atom. The lowest BCUT2D eigenvalue weighted by Gasteiger charge is -2.08. The average Bonchev–Trinajstić information content (AvgIpc) is 2.97. The van der Waals surface area contributed by atoms with Gasteiger partial charge in [-0.15, -0.1) is 0 Å². The minimum absolute atomic E-state index is 0.0552. The molecule has 1 aromatic heterocycles. The Labute approximate surface area is 114 Å². The lowest BCUT2D eigenvalue weighted by molar-refractivity contribution is -0.141. The molecule has 0 aliphatic heterocycles. The van der Waals surface area contributed by atoms with Gasteiger partial charge >= 0.3 is 5.97 Å². The number of nitrogens with one attached hydrogen (secondary N) is 1. The van der Waals surface area contributed by atoms with Gasteiger partial charge in [0.1, 0.15) is 6.54 Å². The van der Waals surface area contributed by atoms with Crippen LogP contribution in [-0.2, 0) is 20.9 Å². The van der Waals surface area contributed by atoms with Gasteiger partial charge < -0.3 is 16.2 Å². The van der Waals surface area contributed by atoms with E-state index in [0.29, 0.717) is 24.9 Å². The van der Waals surface area contributed by atoms with Gasteiger partial charge in [0.05, 0.1) is 17.8 Å². The molecular weight excluding hydrogens is 264 g/mol. The van der Waals surface area contributed by atoms with Crippen molar-refractivity contribution in [1.29, 1.82) is 0 Å². The van der Waals surface area contributed by atoms with Gasteiger partial charge in [0.25, 0.3) is 0 Å². The number of amides is 2. The van der Waals surface area contributed by atoms with E-state index in [4.69, 9.17) is 10.8 Å². The SMILES string of the molecule is NC(=O)Cn1cc(NC(=O)C2CCC(C(=O)O)C2)cn1. The lowest BCUT2D eigenvalue weighted by Crippen LogP contribution is -2.21. The number of aromatic nitrogens is 2. The van der Waals surface area contributed by atoms with Gasteiger partial charge in [0, 0.05) is 12.1 Å². The predicted molar refractivity (Wildman–Crippen MR) is 68.5 cm³/mol. The molecule has 2 atom stereocenters. The summed E-state index contributed by atoms with van der Waals surface area (Å²) in [6.07, 6.45) is 4.37. The summed E-state index contributed by atoms with van der Waals surface area (Å²) in [5, 5.41) is 15.5. The van der Waals surface area contributed by atoms with Gasteiger partial charge in [-0.3, -0.25) is 19.1 Å². The molecule has 0 saturated heterocycles. The second-order valence-corrected chi connectivity index (χ2v) is 4.93. The van der Waals surface area contributed by atoms with Gasteiger partial charge in [-0.2, -0.15) is 5.10 Å². The first-order valence-electron chi connectivity index (χ1n) is 6.30. The molecule has 2 unspecified atom stereocenters. The van der Waals surface area contributed by atoms with Gasteiger partial charge in [0.15, 0.2) is 0 Å². The van der Waals surface area contributed by atoms with Crippen molar-refractivity contribution in [1.82, 2.24) is 9.78 Å². The minimum atomic E-state index is -0.852. The molecule has 2 amide bonds. The van der Waals surface area contributed by atoms with Crippen LogP contribution in [0.2, 0.25) is 0 Å². The van der Waals surface area contributed by atoms with Gasteiger partial charge in [-0.25, -0.2) is 0 Å². The zero-order valence-corrected chi connectivity index (χ0v) is 10.8. The molecule has 0 radical (unpaired) electrons. The number of anilines is 1. The van der Waals surface area contributed by atoms with Crippen molar-refractivity contribution in [3.8, 4) is 0 Å². The highest BCUT2D eigenvalue weighted by Crippen LogP contribution is 2.31. The fourth-order valence-corrected chi connectivity index (χ4v) is 2.36. The predicted octanol–water partition coefficient (Wildman–Crippen LogP) is -0.192. The molecule has 4 N–H and O–H groups in total. The zero-order valence-electron chi connectivity index (χ0n) is 10.8. The fraction of sp³-hybridized carbons (Fsp3) is 0.500. The maximum Gasteiger partial charge on any atom is 0.306 e. The molecule has 0 aromatic carbocycles. The van der Waals surface area contributed by atoms with Crippen LogP contribution in [0.1, 0.15) is 19.3 Å². The molecule has 1 aromatic rings. The minimum Gasteiger partial charge on any atom is -0.481 e. The lowest BCUT2D eigenvalue weighted by atomic mass is 10.0. The number of primary amides is 1. The Kier molecular flexibility index (Phi) is 4.02. The van der Waals surface area contributed by atoms with Gasteiger partial charge in [0.2, 0.25) is 11.8 Å². The Morgan fingerprint density at radius 2 is 2.10 bits per heavy atom. The first-order valence-corrected chi connectivity index (χ1v) is 6.30. The zero-order chi connectivity index (χ0) is 14.7. The van der Waals surface area contributed by atoms with Crippen LogP contribution >= 0.6 is 0 Å². The second-order valence-electron chi connectivity index (χ2n) is 4.93. The van der Waals surface area contributed by atoms with Crippen LogP contribution in [0.25, 0.3) is 0 Å². The summed E-state index contributed by atoms with van der Waals surface area (Å²) in [6, 6.07) is 0. The molecule has 8 nitrogen and oxygen atoms in total. The molecule has 1 saturated carbocycles. The molecular formula is C12H16N4O4. The van der Waals surface area contributed by atoms with E-state index >= 15 is 0 Å². The summed E-state index contributed by atoms with van der Waals surface area (Å²) in [5.41, 5.74) is 5.50. The highest BCUT2D eigenvalue weighted by molar-refractivity contribution is 5.93. The highest BCUT2D eigenvalue weighted by Gasteiger charge is 2.33. The monoisotopic (exact) mass is 280 g/mol. The van der Waals surface area contributed by atoms with E-state index in [9.17, 15) is 14.4 Å².